The fourth-order valence-corrected chi connectivity index (χ4v) is 3.33. The zero-order valence-corrected chi connectivity index (χ0v) is 16.6. The summed E-state index contributed by atoms with van der Waals surface area (Å²) in [7, 11) is 4.67. The molecule has 4 rings (SSSR count). The van der Waals surface area contributed by atoms with Crippen LogP contribution in [0.15, 0.2) is 48.5 Å². The number of nitrogens with zero attached hydrogens (tertiary/aromatic N) is 2. The van der Waals surface area contributed by atoms with E-state index in [1.165, 1.54) is 13.2 Å². The summed E-state index contributed by atoms with van der Waals surface area (Å²) >= 11 is 0. The van der Waals surface area contributed by atoms with Crippen molar-refractivity contribution < 1.29 is 24.1 Å². The molecule has 0 fully saturated rings. The van der Waals surface area contributed by atoms with E-state index in [0.29, 0.717) is 39.6 Å². The number of fused-ring (bicyclic) bond motifs is 1. The van der Waals surface area contributed by atoms with Crippen LogP contribution in [-0.4, -0.2) is 47.6 Å². The molecule has 2 heterocycles. The van der Waals surface area contributed by atoms with Crippen LogP contribution in [0.25, 0.3) is 33.5 Å². The van der Waals surface area contributed by atoms with E-state index in [4.69, 9.17) is 14.2 Å². The number of aromatic carboxylic acids is 1. The molecule has 0 radical (unpaired) electrons. The van der Waals surface area contributed by atoms with Crippen molar-refractivity contribution in [2.24, 2.45) is 0 Å². The Morgan fingerprint density at radius 2 is 1.73 bits per heavy atom. The highest BCUT2D eigenvalue weighted by atomic mass is 16.5. The predicted octanol–water partition coefficient (Wildman–Crippen LogP) is 4.02. The van der Waals surface area contributed by atoms with E-state index >= 15 is 0 Å². The van der Waals surface area contributed by atoms with Crippen molar-refractivity contribution in [3.05, 3.63) is 54.1 Å². The monoisotopic (exact) mass is 405 g/mol. The number of pyridine rings is 1. The SMILES string of the molecule is COc1cccc(-c2[nH]nc3nc(-c4cc(OC)ccc4OC)cc(C(=O)O)c23)c1. The highest BCUT2D eigenvalue weighted by Gasteiger charge is 2.21. The summed E-state index contributed by atoms with van der Waals surface area (Å²) in [5, 5.41) is 17.5. The van der Waals surface area contributed by atoms with Crippen molar-refractivity contribution in [1.82, 2.24) is 15.2 Å². The van der Waals surface area contributed by atoms with Crippen molar-refractivity contribution in [2.75, 3.05) is 21.3 Å². The van der Waals surface area contributed by atoms with E-state index in [1.807, 2.05) is 18.2 Å². The fraction of sp³-hybridized carbons (Fsp3) is 0.136. The largest absolute Gasteiger partial charge is 0.497 e. The maximum Gasteiger partial charge on any atom is 0.336 e. The number of carbonyl (C=O) groups is 1. The standard InChI is InChI=1S/C22H19N3O5/c1-28-13-6-4-5-12(9-13)20-19-16(22(26)27)11-17(23-21(19)25-24-20)15-10-14(29-2)7-8-18(15)30-3/h4-11H,1-3H3,(H,26,27)(H,23,24,25). The van der Waals surface area contributed by atoms with Gasteiger partial charge in [-0.15, -0.1) is 0 Å². The number of carboxylic acids is 1. The van der Waals surface area contributed by atoms with Gasteiger partial charge in [0.25, 0.3) is 0 Å². The van der Waals surface area contributed by atoms with Gasteiger partial charge >= 0.3 is 5.97 Å². The number of ether oxygens (including phenoxy) is 3. The van der Waals surface area contributed by atoms with Gasteiger partial charge in [0.05, 0.1) is 43.7 Å². The van der Waals surface area contributed by atoms with Gasteiger partial charge in [-0.25, -0.2) is 9.78 Å². The summed E-state index contributed by atoms with van der Waals surface area (Å²) in [5.41, 5.74) is 2.68. The van der Waals surface area contributed by atoms with Gasteiger partial charge in [0.2, 0.25) is 0 Å². The Morgan fingerprint density at radius 1 is 0.967 bits per heavy atom. The minimum atomic E-state index is -1.09. The summed E-state index contributed by atoms with van der Waals surface area (Å²) in [5.74, 6) is 0.708. The van der Waals surface area contributed by atoms with Crippen molar-refractivity contribution in [3.63, 3.8) is 0 Å². The Morgan fingerprint density at radius 3 is 2.43 bits per heavy atom. The number of rotatable bonds is 6. The van der Waals surface area contributed by atoms with Crippen LogP contribution in [-0.2, 0) is 0 Å². The van der Waals surface area contributed by atoms with Crippen LogP contribution in [0.3, 0.4) is 0 Å². The topological polar surface area (TPSA) is 107 Å². The third kappa shape index (κ3) is 3.28. The lowest BCUT2D eigenvalue weighted by Gasteiger charge is -2.11. The average Bonchev–Trinajstić information content (AvgIpc) is 3.21. The van der Waals surface area contributed by atoms with E-state index in [-0.39, 0.29) is 11.2 Å². The zero-order valence-electron chi connectivity index (χ0n) is 16.6. The summed E-state index contributed by atoms with van der Waals surface area (Å²) in [4.78, 5) is 16.7. The molecule has 30 heavy (non-hydrogen) atoms. The normalized spacial score (nSPS) is 10.8. The van der Waals surface area contributed by atoms with Gasteiger partial charge in [-0.05, 0) is 36.4 Å². The lowest BCUT2D eigenvalue weighted by molar-refractivity contribution is 0.0699. The van der Waals surface area contributed by atoms with E-state index in [0.717, 1.165) is 5.56 Å². The van der Waals surface area contributed by atoms with Crippen LogP contribution in [0.4, 0.5) is 0 Å². The van der Waals surface area contributed by atoms with Gasteiger partial charge in [-0.2, -0.15) is 5.10 Å². The Kier molecular flexibility index (Phi) is 4.97. The lowest BCUT2D eigenvalue weighted by atomic mass is 10.0. The molecule has 0 saturated heterocycles. The molecule has 0 saturated carbocycles. The average molecular weight is 405 g/mol. The summed E-state index contributed by atoms with van der Waals surface area (Å²) in [6, 6.07) is 14.0. The molecule has 4 aromatic rings. The Balaban J connectivity index is 1.96. The third-order valence-electron chi connectivity index (χ3n) is 4.80. The number of nitrogens with one attached hydrogen (secondary N) is 1. The number of aromatic nitrogens is 3. The van der Waals surface area contributed by atoms with E-state index in [2.05, 4.69) is 15.2 Å². The minimum absolute atomic E-state index is 0.0754. The Hall–Kier alpha value is -4.07. The molecule has 0 atom stereocenters. The fourth-order valence-electron chi connectivity index (χ4n) is 3.33. The quantitative estimate of drug-likeness (QED) is 0.499. The van der Waals surface area contributed by atoms with Gasteiger partial charge in [0.15, 0.2) is 5.65 Å². The number of H-pyrrole nitrogens is 1. The van der Waals surface area contributed by atoms with Crippen LogP contribution in [0.1, 0.15) is 10.4 Å². The Bertz CT molecular complexity index is 1250. The molecule has 8 nitrogen and oxygen atoms in total. The van der Waals surface area contributed by atoms with Crippen LogP contribution in [0, 0.1) is 0 Å². The van der Waals surface area contributed by atoms with Crippen LogP contribution in [0.2, 0.25) is 0 Å². The molecule has 0 unspecified atom stereocenters. The van der Waals surface area contributed by atoms with Gasteiger partial charge in [0, 0.05) is 11.1 Å². The molecule has 2 aromatic heterocycles. The maximum atomic E-state index is 12.1. The van der Waals surface area contributed by atoms with Crippen molar-refractivity contribution in [3.8, 4) is 39.8 Å². The zero-order chi connectivity index (χ0) is 21.3. The second kappa shape index (κ2) is 7.75. The lowest BCUT2D eigenvalue weighted by Crippen LogP contribution is -2.01. The molecular formula is C22H19N3O5. The molecule has 2 aromatic carbocycles. The molecule has 0 aliphatic carbocycles. The molecule has 0 aliphatic rings. The van der Waals surface area contributed by atoms with Crippen LogP contribution < -0.4 is 14.2 Å². The number of benzene rings is 2. The van der Waals surface area contributed by atoms with E-state index in [9.17, 15) is 9.90 Å². The number of aromatic amines is 1. The van der Waals surface area contributed by atoms with Crippen LogP contribution >= 0.6 is 0 Å². The molecular weight excluding hydrogens is 386 g/mol. The van der Waals surface area contributed by atoms with Crippen LogP contribution in [0.5, 0.6) is 17.2 Å². The van der Waals surface area contributed by atoms with Crippen molar-refractivity contribution in [2.45, 2.75) is 0 Å². The van der Waals surface area contributed by atoms with Gasteiger partial charge in [0.1, 0.15) is 17.2 Å². The second-order valence-corrected chi connectivity index (χ2v) is 6.46. The summed E-state index contributed by atoms with van der Waals surface area (Å²) in [6.45, 7) is 0. The third-order valence-corrected chi connectivity index (χ3v) is 4.80. The molecule has 0 spiro atoms. The number of methoxy groups -OCH3 is 3. The highest BCUT2D eigenvalue weighted by molar-refractivity contribution is 6.08. The minimum Gasteiger partial charge on any atom is -0.497 e. The number of hydrogen-bond acceptors (Lipinski definition) is 6. The Labute approximate surface area is 172 Å². The first-order chi connectivity index (χ1) is 14.5. The smallest absolute Gasteiger partial charge is 0.336 e. The predicted molar refractivity (Wildman–Crippen MR) is 111 cm³/mol. The summed E-state index contributed by atoms with van der Waals surface area (Å²) in [6.07, 6.45) is 0. The summed E-state index contributed by atoms with van der Waals surface area (Å²) < 4.78 is 16.0. The van der Waals surface area contributed by atoms with E-state index in [1.54, 1.807) is 38.5 Å². The number of hydrogen-bond donors (Lipinski definition) is 2. The second-order valence-electron chi connectivity index (χ2n) is 6.46. The van der Waals surface area contributed by atoms with Crippen molar-refractivity contribution >= 4 is 17.0 Å². The van der Waals surface area contributed by atoms with Gasteiger partial charge in [-0.1, -0.05) is 12.1 Å². The number of carboxylic acid groups (broad SMARTS) is 1. The molecule has 2 N–H and O–H groups in total. The molecule has 0 amide bonds. The first kappa shape index (κ1) is 19.3. The van der Waals surface area contributed by atoms with Gasteiger partial charge < -0.3 is 19.3 Å². The molecule has 8 heteroatoms. The highest BCUT2D eigenvalue weighted by Crippen LogP contribution is 2.36. The van der Waals surface area contributed by atoms with E-state index < -0.39 is 5.97 Å². The molecule has 152 valence electrons. The molecule has 0 aliphatic heterocycles. The first-order valence-electron chi connectivity index (χ1n) is 9.05. The van der Waals surface area contributed by atoms with Gasteiger partial charge in [-0.3, -0.25) is 5.10 Å². The molecule has 0 bridgehead atoms. The first-order valence-corrected chi connectivity index (χ1v) is 9.05. The van der Waals surface area contributed by atoms with Crippen molar-refractivity contribution in [1.29, 1.82) is 0 Å². The maximum absolute atomic E-state index is 12.1.